The van der Waals surface area contributed by atoms with Gasteiger partial charge >= 0.3 is 5.97 Å². The van der Waals surface area contributed by atoms with Crippen molar-refractivity contribution >= 4 is 11.9 Å². The van der Waals surface area contributed by atoms with Gasteiger partial charge in [-0.3, -0.25) is 4.79 Å². The Kier molecular flexibility index (Phi) is 8.30. The van der Waals surface area contributed by atoms with Gasteiger partial charge in [0.15, 0.2) is 5.96 Å². The van der Waals surface area contributed by atoms with E-state index in [-0.39, 0.29) is 11.9 Å². The highest BCUT2D eigenvalue weighted by Gasteiger charge is 2.27. The largest absolute Gasteiger partial charge is 0.466 e. The van der Waals surface area contributed by atoms with Crippen molar-refractivity contribution < 1.29 is 9.53 Å². The van der Waals surface area contributed by atoms with Gasteiger partial charge in [0.05, 0.1) is 12.5 Å². The van der Waals surface area contributed by atoms with Gasteiger partial charge in [0.25, 0.3) is 0 Å². The summed E-state index contributed by atoms with van der Waals surface area (Å²) >= 11 is 0. The Morgan fingerprint density at radius 2 is 1.97 bits per heavy atom. The molecule has 30 heavy (non-hydrogen) atoms. The van der Waals surface area contributed by atoms with Gasteiger partial charge in [0.2, 0.25) is 0 Å². The third kappa shape index (κ3) is 6.34. The van der Waals surface area contributed by atoms with Crippen molar-refractivity contribution in [3.8, 4) is 0 Å². The SMILES string of the molecule is CCNC(=NCc1nccn1Cc1ccccc1)NC1CCC(C(=O)OCC)CC1. The van der Waals surface area contributed by atoms with Crippen molar-refractivity contribution in [3.63, 3.8) is 0 Å². The summed E-state index contributed by atoms with van der Waals surface area (Å²) in [5.74, 6) is 1.71. The topological polar surface area (TPSA) is 80.5 Å². The molecule has 162 valence electrons. The van der Waals surface area contributed by atoms with Crippen LogP contribution in [0.5, 0.6) is 0 Å². The lowest BCUT2D eigenvalue weighted by Gasteiger charge is -2.29. The van der Waals surface area contributed by atoms with E-state index in [9.17, 15) is 4.79 Å². The number of nitrogens with one attached hydrogen (secondary N) is 2. The Morgan fingerprint density at radius 1 is 1.20 bits per heavy atom. The Hall–Kier alpha value is -2.83. The molecule has 0 unspecified atom stereocenters. The molecule has 0 radical (unpaired) electrons. The molecule has 1 heterocycles. The van der Waals surface area contributed by atoms with Crippen LogP contribution < -0.4 is 10.6 Å². The Bertz CT molecular complexity index is 810. The first-order valence-corrected chi connectivity index (χ1v) is 10.9. The van der Waals surface area contributed by atoms with Crippen molar-refractivity contribution in [2.24, 2.45) is 10.9 Å². The zero-order valence-electron chi connectivity index (χ0n) is 18.0. The highest BCUT2D eigenvalue weighted by Crippen LogP contribution is 2.25. The second-order valence-electron chi connectivity index (χ2n) is 7.60. The number of hydrogen-bond donors (Lipinski definition) is 2. The van der Waals surface area contributed by atoms with Crippen LogP contribution in [0.15, 0.2) is 47.7 Å². The standard InChI is InChI=1S/C23H33N5O2/c1-3-24-23(27-20-12-10-19(11-13-20)22(29)30-4-2)26-16-21-25-14-15-28(21)17-18-8-6-5-7-9-18/h5-9,14-15,19-20H,3-4,10-13,16-17H2,1-2H3,(H2,24,26,27). The maximum Gasteiger partial charge on any atom is 0.308 e. The molecule has 1 aliphatic rings. The van der Waals surface area contributed by atoms with Gasteiger partial charge in [0, 0.05) is 31.5 Å². The second kappa shape index (κ2) is 11.4. The molecule has 7 heteroatoms. The van der Waals surface area contributed by atoms with Crippen LogP contribution in [0.3, 0.4) is 0 Å². The average molecular weight is 412 g/mol. The minimum atomic E-state index is -0.0539. The second-order valence-corrected chi connectivity index (χ2v) is 7.60. The number of nitrogens with zero attached hydrogens (tertiary/aromatic N) is 3. The minimum absolute atomic E-state index is 0.0352. The lowest BCUT2D eigenvalue weighted by Crippen LogP contribution is -2.45. The Balaban J connectivity index is 1.56. The number of benzene rings is 1. The number of aliphatic imine (C=N–C) groups is 1. The summed E-state index contributed by atoms with van der Waals surface area (Å²) in [6.45, 7) is 6.46. The molecule has 1 fully saturated rings. The molecule has 7 nitrogen and oxygen atoms in total. The van der Waals surface area contributed by atoms with E-state index in [1.165, 1.54) is 5.56 Å². The van der Waals surface area contributed by atoms with Crippen LogP contribution in [-0.4, -0.2) is 40.7 Å². The van der Waals surface area contributed by atoms with Gasteiger partial charge in [-0.15, -0.1) is 0 Å². The Morgan fingerprint density at radius 3 is 2.67 bits per heavy atom. The lowest BCUT2D eigenvalue weighted by molar-refractivity contribution is -0.149. The molecule has 1 aliphatic carbocycles. The molecule has 2 N–H and O–H groups in total. The van der Waals surface area contributed by atoms with Crippen LogP contribution in [0.1, 0.15) is 50.9 Å². The summed E-state index contributed by atoms with van der Waals surface area (Å²) in [5, 5.41) is 6.86. The van der Waals surface area contributed by atoms with Crippen LogP contribution in [0, 0.1) is 5.92 Å². The van der Waals surface area contributed by atoms with Crippen LogP contribution in [0.25, 0.3) is 0 Å². The van der Waals surface area contributed by atoms with Crippen LogP contribution in [0.4, 0.5) is 0 Å². The molecule has 0 atom stereocenters. The summed E-state index contributed by atoms with van der Waals surface area (Å²) in [6, 6.07) is 10.7. The summed E-state index contributed by atoms with van der Waals surface area (Å²) in [5.41, 5.74) is 1.24. The van der Waals surface area contributed by atoms with Crippen molar-refractivity contribution in [2.45, 2.75) is 58.7 Å². The molecular formula is C23H33N5O2. The average Bonchev–Trinajstić information content (AvgIpc) is 3.20. The molecule has 1 saturated carbocycles. The predicted octanol–water partition coefficient (Wildman–Crippen LogP) is 3.11. The third-order valence-electron chi connectivity index (χ3n) is 5.41. The van der Waals surface area contributed by atoms with Crippen LogP contribution in [-0.2, 0) is 22.6 Å². The number of imidazole rings is 1. The van der Waals surface area contributed by atoms with E-state index in [1.54, 1.807) is 0 Å². The van der Waals surface area contributed by atoms with E-state index >= 15 is 0 Å². The fourth-order valence-corrected chi connectivity index (χ4v) is 3.81. The molecule has 2 aromatic rings. The van der Waals surface area contributed by atoms with Crippen molar-refractivity contribution in [1.29, 1.82) is 0 Å². The van der Waals surface area contributed by atoms with Crippen LogP contribution in [0.2, 0.25) is 0 Å². The number of carbonyl (C=O) groups is 1. The maximum absolute atomic E-state index is 11.9. The molecule has 0 amide bonds. The normalized spacial score (nSPS) is 19.3. The number of ether oxygens (including phenoxy) is 1. The fourth-order valence-electron chi connectivity index (χ4n) is 3.81. The van der Waals surface area contributed by atoms with E-state index in [0.29, 0.717) is 19.2 Å². The molecule has 1 aromatic heterocycles. The van der Waals surface area contributed by atoms with Crippen molar-refractivity contribution in [3.05, 3.63) is 54.1 Å². The molecule has 3 rings (SSSR count). The van der Waals surface area contributed by atoms with Gasteiger partial charge in [-0.05, 0) is 45.1 Å². The smallest absolute Gasteiger partial charge is 0.308 e. The summed E-state index contributed by atoms with van der Waals surface area (Å²) in [6.07, 6.45) is 7.42. The molecular weight excluding hydrogens is 378 g/mol. The first-order valence-electron chi connectivity index (χ1n) is 10.9. The predicted molar refractivity (Wildman–Crippen MR) is 118 cm³/mol. The molecule has 0 saturated heterocycles. The van der Waals surface area contributed by atoms with Crippen molar-refractivity contribution in [2.75, 3.05) is 13.2 Å². The number of aromatic nitrogens is 2. The molecule has 0 bridgehead atoms. The van der Waals surface area contributed by atoms with E-state index in [4.69, 9.17) is 9.73 Å². The molecule has 0 aliphatic heterocycles. The van der Waals surface area contributed by atoms with Gasteiger partial charge in [-0.1, -0.05) is 30.3 Å². The zero-order chi connectivity index (χ0) is 21.2. The van der Waals surface area contributed by atoms with Gasteiger partial charge in [0.1, 0.15) is 12.4 Å². The summed E-state index contributed by atoms with van der Waals surface area (Å²) in [4.78, 5) is 21.2. The van der Waals surface area contributed by atoms with Crippen molar-refractivity contribution in [1.82, 2.24) is 20.2 Å². The van der Waals surface area contributed by atoms with E-state index in [1.807, 2.05) is 37.5 Å². The first kappa shape index (κ1) is 21.9. The highest BCUT2D eigenvalue weighted by atomic mass is 16.5. The third-order valence-corrected chi connectivity index (χ3v) is 5.41. The number of carbonyl (C=O) groups excluding carboxylic acids is 1. The number of esters is 1. The lowest BCUT2D eigenvalue weighted by atomic mass is 9.86. The Labute approximate surface area is 179 Å². The summed E-state index contributed by atoms with van der Waals surface area (Å²) in [7, 11) is 0. The van der Waals surface area contributed by atoms with E-state index in [0.717, 1.165) is 50.6 Å². The number of guanidine groups is 1. The number of rotatable bonds is 8. The first-order chi connectivity index (χ1) is 14.7. The monoisotopic (exact) mass is 411 g/mol. The number of hydrogen-bond acceptors (Lipinski definition) is 4. The van der Waals surface area contributed by atoms with Gasteiger partial charge in [-0.25, -0.2) is 9.98 Å². The van der Waals surface area contributed by atoms with Gasteiger partial charge in [-0.2, -0.15) is 0 Å². The quantitative estimate of drug-likeness (QED) is 0.396. The maximum atomic E-state index is 11.9. The molecule has 1 aromatic carbocycles. The molecule has 0 spiro atoms. The highest BCUT2D eigenvalue weighted by molar-refractivity contribution is 5.80. The van der Waals surface area contributed by atoms with E-state index in [2.05, 4.69) is 39.2 Å². The fraction of sp³-hybridized carbons (Fsp3) is 0.522. The van der Waals surface area contributed by atoms with Gasteiger partial charge < -0.3 is 19.9 Å². The minimum Gasteiger partial charge on any atom is -0.466 e. The van der Waals surface area contributed by atoms with E-state index < -0.39 is 0 Å². The zero-order valence-corrected chi connectivity index (χ0v) is 18.0. The van der Waals surface area contributed by atoms with Crippen LogP contribution >= 0.6 is 0 Å². The summed E-state index contributed by atoms with van der Waals surface area (Å²) < 4.78 is 7.30.